The Kier molecular flexibility index (Phi) is 5.42. The molecule has 0 bridgehead atoms. The van der Waals surface area contributed by atoms with Crippen LogP contribution in [-0.2, 0) is 0 Å². The van der Waals surface area contributed by atoms with Crippen molar-refractivity contribution in [2.45, 2.75) is 34.6 Å². The van der Waals surface area contributed by atoms with Gasteiger partial charge in [-0.25, -0.2) is 14.4 Å². The van der Waals surface area contributed by atoms with Crippen molar-refractivity contribution in [3.63, 3.8) is 0 Å². The van der Waals surface area contributed by atoms with E-state index < -0.39 is 0 Å². The highest BCUT2D eigenvalue weighted by Crippen LogP contribution is 2.28. The molecule has 0 unspecified atom stereocenters. The summed E-state index contributed by atoms with van der Waals surface area (Å²) in [7, 11) is 0. The summed E-state index contributed by atoms with van der Waals surface area (Å²) in [5, 5.41) is 0. The summed E-state index contributed by atoms with van der Waals surface area (Å²) in [4.78, 5) is 8.06. The van der Waals surface area contributed by atoms with E-state index in [0.717, 1.165) is 16.8 Å². The first-order valence-electron chi connectivity index (χ1n) is 6.30. The lowest BCUT2D eigenvalue weighted by Crippen LogP contribution is -1.98. The molecular formula is C15H19FN2O. The van der Waals surface area contributed by atoms with Gasteiger partial charge in [-0.05, 0) is 32.4 Å². The molecule has 0 spiro atoms. The third-order valence-electron chi connectivity index (χ3n) is 2.65. The number of rotatable bonds is 2. The summed E-state index contributed by atoms with van der Waals surface area (Å²) in [6.07, 6.45) is 1.41. The summed E-state index contributed by atoms with van der Waals surface area (Å²) in [6, 6.07) is 4.81. The minimum Gasteiger partial charge on any atom is -0.435 e. The van der Waals surface area contributed by atoms with Crippen LogP contribution in [0.4, 0.5) is 4.39 Å². The summed E-state index contributed by atoms with van der Waals surface area (Å²) < 4.78 is 19.1. The van der Waals surface area contributed by atoms with Crippen molar-refractivity contribution in [3.8, 4) is 11.6 Å². The average molecular weight is 262 g/mol. The van der Waals surface area contributed by atoms with Gasteiger partial charge in [0.25, 0.3) is 0 Å². The Morgan fingerprint density at radius 2 is 1.74 bits per heavy atom. The Hall–Kier alpha value is -1.97. The van der Waals surface area contributed by atoms with Crippen molar-refractivity contribution in [1.82, 2.24) is 9.97 Å². The van der Waals surface area contributed by atoms with Crippen LogP contribution in [0.15, 0.2) is 24.5 Å². The Morgan fingerprint density at radius 1 is 1.05 bits per heavy atom. The zero-order valence-electron chi connectivity index (χ0n) is 12.0. The second kappa shape index (κ2) is 6.83. The maximum Gasteiger partial charge on any atom is 0.225 e. The van der Waals surface area contributed by atoms with E-state index in [0.29, 0.717) is 5.88 Å². The maximum atomic E-state index is 13.6. The topological polar surface area (TPSA) is 35.0 Å². The van der Waals surface area contributed by atoms with Gasteiger partial charge in [0.1, 0.15) is 6.33 Å². The van der Waals surface area contributed by atoms with Crippen molar-refractivity contribution in [2.75, 3.05) is 0 Å². The van der Waals surface area contributed by atoms with Crippen LogP contribution in [-0.4, -0.2) is 9.97 Å². The Bertz CT molecular complexity index is 536. The van der Waals surface area contributed by atoms with Gasteiger partial charge >= 0.3 is 0 Å². The van der Waals surface area contributed by atoms with Crippen LogP contribution in [0.3, 0.4) is 0 Å². The molecule has 1 aromatic heterocycles. The van der Waals surface area contributed by atoms with E-state index in [-0.39, 0.29) is 11.6 Å². The summed E-state index contributed by atoms with van der Waals surface area (Å²) >= 11 is 0. The molecule has 0 amide bonds. The number of nitrogens with zero attached hydrogens (tertiary/aromatic N) is 2. The fourth-order valence-electron chi connectivity index (χ4n) is 1.46. The quantitative estimate of drug-likeness (QED) is 0.806. The molecule has 0 aliphatic rings. The predicted molar refractivity (Wildman–Crippen MR) is 74.1 cm³/mol. The van der Waals surface area contributed by atoms with E-state index in [4.69, 9.17) is 4.74 Å². The fourth-order valence-corrected chi connectivity index (χ4v) is 1.46. The molecule has 0 atom stereocenters. The third kappa shape index (κ3) is 3.50. The van der Waals surface area contributed by atoms with Gasteiger partial charge in [-0.3, -0.25) is 0 Å². The fraction of sp³-hybridized carbons (Fsp3) is 0.333. The van der Waals surface area contributed by atoms with Crippen molar-refractivity contribution < 1.29 is 9.13 Å². The van der Waals surface area contributed by atoms with Gasteiger partial charge in [0, 0.05) is 11.3 Å². The van der Waals surface area contributed by atoms with Crippen LogP contribution < -0.4 is 4.74 Å². The van der Waals surface area contributed by atoms with E-state index in [1.807, 2.05) is 27.7 Å². The highest BCUT2D eigenvalue weighted by atomic mass is 19.1. The standard InChI is InChI=1S/C13H13FN2O.C2H6/c1-8-5-4-6-11(14)12(8)17-13-9(2)10(3)15-7-16-13;1-2/h4-7H,1-3H3;1-2H3. The van der Waals surface area contributed by atoms with Gasteiger partial charge in [0.05, 0.1) is 0 Å². The number of benzene rings is 1. The highest BCUT2D eigenvalue weighted by Gasteiger charge is 2.11. The third-order valence-corrected chi connectivity index (χ3v) is 2.65. The summed E-state index contributed by atoms with van der Waals surface area (Å²) in [5.74, 6) is 0.222. The first kappa shape index (κ1) is 15.1. The lowest BCUT2D eigenvalue weighted by molar-refractivity contribution is 0.419. The van der Waals surface area contributed by atoms with Crippen LogP contribution in [0.25, 0.3) is 0 Å². The lowest BCUT2D eigenvalue weighted by Gasteiger charge is -2.11. The van der Waals surface area contributed by atoms with E-state index in [1.165, 1.54) is 12.4 Å². The molecular weight excluding hydrogens is 243 g/mol. The number of hydrogen-bond acceptors (Lipinski definition) is 3. The summed E-state index contributed by atoms with van der Waals surface area (Å²) in [6.45, 7) is 9.50. The lowest BCUT2D eigenvalue weighted by atomic mass is 10.2. The SMILES string of the molecule is CC.Cc1cccc(F)c1Oc1ncnc(C)c1C. The zero-order chi connectivity index (χ0) is 14.4. The molecule has 2 aromatic rings. The highest BCUT2D eigenvalue weighted by molar-refractivity contribution is 5.38. The zero-order valence-corrected chi connectivity index (χ0v) is 12.0. The van der Waals surface area contributed by atoms with E-state index in [2.05, 4.69) is 9.97 Å². The molecule has 0 aliphatic carbocycles. The molecule has 2 rings (SSSR count). The normalized spacial score (nSPS) is 9.58. The molecule has 4 heteroatoms. The Balaban J connectivity index is 0.000000861. The number of hydrogen-bond donors (Lipinski definition) is 0. The molecule has 0 aliphatic heterocycles. The second-order valence-corrected chi connectivity index (χ2v) is 3.88. The Morgan fingerprint density at radius 3 is 2.37 bits per heavy atom. The molecule has 3 nitrogen and oxygen atoms in total. The number of halogens is 1. The van der Waals surface area contributed by atoms with Crippen LogP contribution >= 0.6 is 0 Å². The van der Waals surface area contributed by atoms with Gasteiger partial charge in [-0.15, -0.1) is 0 Å². The Labute approximate surface area is 113 Å². The van der Waals surface area contributed by atoms with E-state index in [9.17, 15) is 4.39 Å². The number of para-hydroxylation sites is 1. The number of aryl methyl sites for hydroxylation is 2. The molecule has 0 saturated carbocycles. The van der Waals surface area contributed by atoms with Crippen molar-refractivity contribution in [3.05, 3.63) is 47.2 Å². The molecule has 102 valence electrons. The monoisotopic (exact) mass is 262 g/mol. The predicted octanol–water partition coefficient (Wildman–Crippen LogP) is 4.36. The number of ether oxygens (including phenoxy) is 1. The van der Waals surface area contributed by atoms with E-state index in [1.54, 1.807) is 19.1 Å². The van der Waals surface area contributed by atoms with Crippen LogP contribution in [0.5, 0.6) is 11.6 Å². The van der Waals surface area contributed by atoms with Gasteiger partial charge in [-0.1, -0.05) is 26.0 Å². The van der Waals surface area contributed by atoms with Gasteiger partial charge in [0.2, 0.25) is 5.88 Å². The number of aromatic nitrogens is 2. The van der Waals surface area contributed by atoms with Crippen molar-refractivity contribution in [2.24, 2.45) is 0 Å². The summed E-state index contributed by atoms with van der Waals surface area (Å²) in [5.41, 5.74) is 2.37. The molecule has 0 N–H and O–H groups in total. The average Bonchev–Trinajstić information content (AvgIpc) is 2.41. The van der Waals surface area contributed by atoms with Crippen LogP contribution in [0, 0.1) is 26.6 Å². The van der Waals surface area contributed by atoms with Crippen LogP contribution in [0.1, 0.15) is 30.7 Å². The first-order chi connectivity index (χ1) is 9.09. The van der Waals surface area contributed by atoms with E-state index >= 15 is 0 Å². The van der Waals surface area contributed by atoms with Gasteiger partial charge < -0.3 is 4.74 Å². The maximum absolute atomic E-state index is 13.6. The first-order valence-corrected chi connectivity index (χ1v) is 6.30. The molecule has 0 radical (unpaired) electrons. The molecule has 19 heavy (non-hydrogen) atoms. The minimum atomic E-state index is -0.388. The second-order valence-electron chi connectivity index (χ2n) is 3.88. The molecule has 0 saturated heterocycles. The van der Waals surface area contributed by atoms with Gasteiger partial charge in [0.15, 0.2) is 11.6 Å². The minimum absolute atomic E-state index is 0.216. The van der Waals surface area contributed by atoms with Crippen LogP contribution in [0.2, 0.25) is 0 Å². The molecule has 1 aromatic carbocycles. The largest absolute Gasteiger partial charge is 0.435 e. The molecule has 1 heterocycles. The van der Waals surface area contributed by atoms with Crippen molar-refractivity contribution >= 4 is 0 Å². The molecule has 0 fully saturated rings. The smallest absolute Gasteiger partial charge is 0.225 e. The van der Waals surface area contributed by atoms with Gasteiger partial charge in [-0.2, -0.15) is 0 Å². The van der Waals surface area contributed by atoms with Crippen molar-refractivity contribution in [1.29, 1.82) is 0 Å².